The molecule has 2 N–H and O–H groups in total. The highest BCUT2D eigenvalue weighted by Crippen LogP contribution is 2.28. The Kier molecular flexibility index (Phi) is 6.46. The van der Waals surface area contributed by atoms with E-state index < -0.39 is 0 Å². The van der Waals surface area contributed by atoms with Gasteiger partial charge >= 0.3 is 0 Å². The lowest BCUT2D eigenvalue weighted by molar-refractivity contribution is -0.120. The van der Waals surface area contributed by atoms with E-state index in [4.69, 9.17) is 0 Å². The summed E-state index contributed by atoms with van der Waals surface area (Å²) in [6, 6.07) is 0. The van der Waals surface area contributed by atoms with Gasteiger partial charge in [0.15, 0.2) is 0 Å². The number of hydrogen-bond acceptors (Lipinski definition) is 2. The van der Waals surface area contributed by atoms with Gasteiger partial charge in [0, 0.05) is 6.54 Å². The summed E-state index contributed by atoms with van der Waals surface area (Å²) in [7, 11) is 0. The minimum Gasteiger partial charge on any atom is -0.355 e. The highest BCUT2D eigenvalue weighted by atomic mass is 16.1. The maximum atomic E-state index is 11.5. The van der Waals surface area contributed by atoms with Gasteiger partial charge in [0.05, 0.1) is 6.54 Å². The molecule has 1 fully saturated rings. The predicted molar refractivity (Wildman–Crippen MR) is 67.3 cm³/mol. The molecule has 0 radical (unpaired) electrons. The van der Waals surface area contributed by atoms with E-state index in [9.17, 15) is 4.79 Å². The van der Waals surface area contributed by atoms with Crippen LogP contribution in [0.15, 0.2) is 0 Å². The first-order chi connectivity index (χ1) is 7.74. The largest absolute Gasteiger partial charge is 0.355 e. The van der Waals surface area contributed by atoms with Crippen molar-refractivity contribution in [2.45, 2.75) is 46.0 Å². The number of carbonyl (C=O) groups excluding carboxylic acids is 1. The number of hydrogen-bond donors (Lipinski definition) is 2. The van der Waals surface area contributed by atoms with Crippen molar-refractivity contribution >= 4 is 5.91 Å². The van der Waals surface area contributed by atoms with E-state index >= 15 is 0 Å². The standard InChI is InChI=1S/C13H26N2O/c1-3-8-14-10-13(16)15-9-12-7-5-4-6-11(12)2/h11-12,14H,3-10H2,1-2H3,(H,15,16). The average molecular weight is 226 g/mol. The number of amides is 1. The van der Waals surface area contributed by atoms with Crippen LogP contribution in [0.3, 0.4) is 0 Å². The van der Waals surface area contributed by atoms with Gasteiger partial charge in [0.1, 0.15) is 0 Å². The molecule has 0 saturated heterocycles. The molecule has 0 aromatic heterocycles. The van der Waals surface area contributed by atoms with E-state index in [0.717, 1.165) is 25.4 Å². The van der Waals surface area contributed by atoms with Gasteiger partial charge in [-0.3, -0.25) is 4.79 Å². The van der Waals surface area contributed by atoms with E-state index in [-0.39, 0.29) is 5.91 Å². The second-order valence-electron chi connectivity index (χ2n) is 5.00. The number of nitrogens with one attached hydrogen (secondary N) is 2. The Labute approximate surface area is 99.4 Å². The Morgan fingerprint density at radius 2 is 2.06 bits per heavy atom. The molecule has 1 aliphatic rings. The summed E-state index contributed by atoms with van der Waals surface area (Å²) in [6.07, 6.45) is 6.38. The van der Waals surface area contributed by atoms with Crippen molar-refractivity contribution in [3.8, 4) is 0 Å². The smallest absolute Gasteiger partial charge is 0.233 e. The Balaban J connectivity index is 2.10. The van der Waals surface area contributed by atoms with Crippen molar-refractivity contribution in [2.24, 2.45) is 11.8 Å². The van der Waals surface area contributed by atoms with Crippen LogP contribution in [-0.4, -0.2) is 25.5 Å². The summed E-state index contributed by atoms with van der Waals surface area (Å²) in [5.41, 5.74) is 0. The van der Waals surface area contributed by atoms with Crippen LogP contribution in [0.5, 0.6) is 0 Å². The molecule has 16 heavy (non-hydrogen) atoms. The molecular formula is C13H26N2O. The van der Waals surface area contributed by atoms with Crippen molar-refractivity contribution in [2.75, 3.05) is 19.6 Å². The number of rotatable bonds is 6. The van der Waals surface area contributed by atoms with Gasteiger partial charge in [-0.2, -0.15) is 0 Å². The van der Waals surface area contributed by atoms with Crippen molar-refractivity contribution < 1.29 is 4.79 Å². The van der Waals surface area contributed by atoms with Crippen LogP contribution in [0, 0.1) is 11.8 Å². The average Bonchev–Trinajstić information content (AvgIpc) is 2.28. The van der Waals surface area contributed by atoms with E-state index in [1.807, 2.05) is 0 Å². The normalized spacial score (nSPS) is 25.4. The van der Waals surface area contributed by atoms with Crippen molar-refractivity contribution in [3.05, 3.63) is 0 Å². The lowest BCUT2D eigenvalue weighted by atomic mass is 9.80. The first-order valence-electron chi connectivity index (χ1n) is 6.71. The highest BCUT2D eigenvalue weighted by Gasteiger charge is 2.21. The lowest BCUT2D eigenvalue weighted by Crippen LogP contribution is -2.38. The van der Waals surface area contributed by atoms with Gasteiger partial charge in [-0.05, 0) is 31.2 Å². The zero-order valence-corrected chi connectivity index (χ0v) is 10.7. The minimum atomic E-state index is 0.145. The predicted octanol–water partition coefficient (Wildman–Crippen LogP) is 1.93. The Morgan fingerprint density at radius 3 is 2.75 bits per heavy atom. The molecule has 0 aliphatic heterocycles. The Hall–Kier alpha value is -0.570. The molecule has 0 aromatic carbocycles. The Bertz CT molecular complexity index is 206. The number of carbonyl (C=O) groups is 1. The maximum Gasteiger partial charge on any atom is 0.233 e. The molecular weight excluding hydrogens is 200 g/mol. The van der Waals surface area contributed by atoms with Crippen LogP contribution < -0.4 is 10.6 Å². The molecule has 0 bridgehead atoms. The SMILES string of the molecule is CCCNCC(=O)NCC1CCCCC1C. The first kappa shape index (κ1) is 13.5. The highest BCUT2D eigenvalue weighted by molar-refractivity contribution is 5.77. The third-order valence-electron chi connectivity index (χ3n) is 3.56. The van der Waals surface area contributed by atoms with Gasteiger partial charge in [0.25, 0.3) is 0 Å². The van der Waals surface area contributed by atoms with Crippen molar-refractivity contribution in [3.63, 3.8) is 0 Å². The van der Waals surface area contributed by atoms with Gasteiger partial charge in [-0.15, -0.1) is 0 Å². The molecule has 1 saturated carbocycles. The molecule has 94 valence electrons. The van der Waals surface area contributed by atoms with Crippen molar-refractivity contribution in [1.82, 2.24) is 10.6 Å². The molecule has 3 nitrogen and oxygen atoms in total. The molecule has 2 unspecified atom stereocenters. The second kappa shape index (κ2) is 7.66. The quantitative estimate of drug-likeness (QED) is 0.679. The molecule has 0 aromatic rings. The third kappa shape index (κ3) is 4.97. The molecule has 1 amide bonds. The van der Waals surface area contributed by atoms with Crippen LogP contribution in [0.1, 0.15) is 46.0 Å². The lowest BCUT2D eigenvalue weighted by Gasteiger charge is -2.28. The topological polar surface area (TPSA) is 41.1 Å². The summed E-state index contributed by atoms with van der Waals surface area (Å²) < 4.78 is 0. The van der Waals surface area contributed by atoms with Gasteiger partial charge in [-0.1, -0.05) is 33.1 Å². The maximum absolute atomic E-state index is 11.5. The van der Waals surface area contributed by atoms with E-state index in [2.05, 4.69) is 24.5 Å². The van der Waals surface area contributed by atoms with Crippen LogP contribution in [-0.2, 0) is 4.79 Å². The van der Waals surface area contributed by atoms with Gasteiger partial charge in [-0.25, -0.2) is 0 Å². The van der Waals surface area contributed by atoms with Crippen LogP contribution in [0.25, 0.3) is 0 Å². The van der Waals surface area contributed by atoms with Gasteiger partial charge < -0.3 is 10.6 Å². The fourth-order valence-corrected chi connectivity index (χ4v) is 2.38. The van der Waals surface area contributed by atoms with Gasteiger partial charge in [0.2, 0.25) is 5.91 Å². The minimum absolute atomic E-state index is 0.145. The fraction of sp³-hybridized carbons (Fsp3) is 0.923. The second-order valence-corrected chi connectivity index (χ2v) is 5.00. The molecule has 3 heteroatoms. The first-order valence-corrected chi connectivity index (χ1v) is 6.71. The summed E-state index contributed by atoms with van der Waals surface area (Å²) in [5, 5.41) is 6.16. The van der Waals surface area contributed by atoms with Crippen molar-refractivity contribution in [1.29, 1.82) is 0 Å². The summed E-state index contributed by atoms with van der Waals surface area (Å²) in [5.74, 6) is 1.62. The molecule has 0 spiro atoms. The summed E-state index contributed by atoms with van der Waals surface area (Å²) in [6.45, 7) is 6.68. The van der Waals surface area contributed by atoms with Crippen LogP contribution in [0.4, 0.5) is 0 Å². The summed E-state index contributed by atoms with van der Waals surface area (Å²) >= 11 is 0. The zero-order chi connectivity index (χ0) is 11.8. The monoisotopic (exact) mass is 226 g/mol. The molecule has 2 atom stereocenters. The van der Waals surface area contributed by atoms with Crippen LogP contribution >= 0.6 is 0 Å². The molecule has 1 rings (SSSR count). The zero-order valence-electron chi connectivity index (χ0n) is 10.7. The Morgan fingerprint density at radius 1 is 1.31 bits per heavy atom. The molecule has 1 aliphatic carbocycles. The summed E-state index contributed by atoms with van der Waals surface area (Å²) in [4.78, 5) is 11.5. The third-order valence-corrected chi connectivity index (χ3v) is 3.56. The molecule has 0 heterocycles. The van der Waals surface area contributed by atoms with Crippen LogP contribution in [0.2, 0.25) is 0 Å². The van der Waals surface area contributed by atoms with E-state index in [1.54, 1.807) is 0 Å². The van der Waals surface area contributed by atoms with E-state index in [0.29, 0.717) is 12.5 Å². The fourth-order valence-electron chi connectivity index (χ4n) is 2.38. The van der Waals surface area contributed by atoms with E-state index in [1.165, 1.54) is 25.7 Å².